The highest BCUT2D eigenvalue weighted by Crippen LogP contribution is 2.23. The normalized spacial score (nSPS) is 11.3. The molecule has 0 unspecified atom stereocenters. The van der Waals surface area contributed by atoms with Crippen LogP contribution in [0.1, 0.15) is 11.4 Å². The molecule has 4 rings (SSSR count). The van der Waals surface area contributed by atoms with Crippen molar-refractivity contribution in [1.29, 1.82) is 0 Å². The van der Waals surface area contributed by atoms with E-state index in [4.69, 9.17) is 4.74 Å². The zero-order valence-corrected chi connectivity index (χ0v) is 19.6. The van der Waals surface area contributed by atoms with Gasteiger partial charge in [-0.2, -0.15) is 0 Å². The third kappa shape index (κ3) is 4.85. The van der Waals surface area contributed by atoms with Gasteiger partial charge in [-0.3, -0.25) is 9.29 Å². The summed E-state index contributed by atoms with van der Waals surface area (Å²) in [6.45, 7) is 3.89. The third-order valence-electron chi connectivity index (χ3n) is 4.58. The van der Waals surface area contributed by atoms with Crippen LogP contribution in [0, 0.1) is 17.4 Å². The zero-order valence-electron chi connectivity index (χ0n) is 16.7. The van der Waals surface area contributed by atoms with Crippen molar-refractivity contribution in [2.45, 2.75) is 18.7 Å². The Bertz CT molecular complexity index is 1300. The monoisotopic (exact) mass is 547 g/mol. The molecular weight excluding hydrogens is 529 g/mol. The first-order valence-electron chi connectivity index (χ1n) is 9.23. The molecule has 0 saturated carbocycles. The number of aromatic nitrogens is 4. The van der Waals surface area contributed by atoms with Crippen molar-refractivity contribution in [3.8, 4) is 17.4 Å². The quantitative estimate of drug-likeness (QED) is 0.358. The minimum atomic E-state index is -3.66. The van der Waals surface area contributed by atoms with Gasteiger partial charge in [-0.25, -0.2) is 13.4 Å². The number of nitrogens with zero attached hydrogens (tertiary/aromatic N) is 4. The van der Waals surface area contributed by atoms with Gasteiger partial charge in [0, 0.05) is 21.0 Å². The van der Waals surface area contributed by atoms with Gasteiger partial charge in [-0.15, -0.1) is 10.2 Å². The van der Waals surface area contributed by atoms with E-state index in [9.17, 15) is 8.42 Å². The minimum Gasteiger partial charge on any atom is -0.438 e. The van der Waals surface area contributed by atoms with E-state index in [1.807, 2.05) is 18.4 Å². The number of nitrogens with one attached hydrogen (secondary N) is 1. The number of hydrogen-bond donors (Lipinski definition) is 1. The van der Waals surface area contributed by atoms with Crippen LogP contribution in [0.3, 0.4) is 0 Å². The molecule has 0 amide bonds. The largest absolute Gasteiger partial charge is 0.438 e. The smallest absolute Gasteiger partial charge is 0.261 e. The maximum Gasteiger partial charge on any atom is 0.261 e. The van der Waals surface area contributed by atoms with Crippen molar-refractivity contribution < 1.29 is 13.2 Å². The van der Waals surface area contributed by atoms with E-state index in [1.165, 1.54) is 0 Å². The van der Waals surface area contributed by atoms with Crippen LogP contribution in [-0.2, 0) is 10.0 Å². The number of imidazole rings is 1. The highest BCUT2D eigenvalue weighted by atomic mass is 127. The Morgan fingerprint density at radius 1 is 0.935 bits per heavy atom. The highest BCUT2D eigenvalue weighted by molar-refractivity contribution is 14.1. The van der Waals surface area contributed by atoms with Gasteiger partial charge in [0.2, 0.25) is 5.88 Å². The second-order valence-electron chi connectivity index (χ2n) is 6.70. The molecule has 0 aliphatic carbocycles. The molecule has 0 bridgehead atoms. The summed E-state index contributed by atoms with van der Waals surface area (Å²) in [6, 6.07) is 16.7. The highest BCUT2D eigenvalue weighted by Gasteiger charge is 2.14. The van der Waals surface area contributed by atoms with E-state index in [2.05, 4.69) is 42.5 Å². The number of halogens is 1. The van der Waals surface area contributed by atoms with Crippen LogP contribution in [-0.4, -0.2) is 28.2 Å². The molecular formula is C21H18IN5O3S. The molecule has 2 heterocycles. The van der Waals surface area contributed by atoms with Crippen LogP contribution in [0.15, 0.2) is 71.9 Å². The first-order valence-corrected chi connectivity index (χ1v) is 11.8. The molecule has 1 N–H and O–H groups in total. The van der Waals surface area contributed by atoms with Gasteiger partial charge in [0.05, 0.1) is 10.6 Å². The summed E-state index contributed by atoms with van der Waals surface area (Å²) < 4.78 is 36.1. The Kier molecular flexibility index (Phi) is 5.92. The molecule has 2 aromatic carbocycles. The standard InChI is InChI=1S/C21H18IN5O3S/c1-14-15(2)27(13-23-14)20-11-12-21(25-24-20)30-18-7-5-17(6-8-18)26-31(28,29)19-9-3-16(22)4-10-19/h3-13,26H,1-2H3. The fourth-order valence-corrected chi connectivity index (χ4v) is 4.18. The molecule has 158 valence electrons. The average Bonchev–Trinajstić information content (AvgIpc) is 3.09. The lowest BCUT2D eigenvalue weighted by Crippen LogP contribution is -2.12. The summed E-state index contributed by atoms with van der Waals surface area (Å²) in [5.74, 6) is 1.48. The SMILES string of the molecule is Cc1ncn(-c2ccc(Oc3ccc(NS(=O)(=O)c4ccc(I)cc4)cc3)nn2)c1C. The number of hydrogen-bond acceptors (Lipinski definition) is 6. The fourth-order valence-electron chi connectivity index (χ4n) is 2.77. The lowest BCUT2D eigenvalue weighted by Gasteiger charge is -2.10. The number of anilines is 1. The molecule has 0 aliphatic heterocycles. The van der Waals surface area contributed by atoms with Crippen LogP contribution in [0.2, 0.25) is 0 Å². The summed E-state index contributed by atoms with van der Waals surface area (Å²) in [7, 11) is -3.66. The number of aryl methyl sites for hydroxylation is 1. The Labute approximate surface area is 193 Å². The lowest BCUT2D eigenvalue weighted by molar-refractivity contribution is 0.454. The van der Waals surface area contributed by atoms with Gasteiger partial charge in [0.15, 0.2) is 5.82 Å². The molecule has 0 spiro atoms. The first kappa shape index (κ1) is 21.2. The predicted molar refractivity (Wildman–Crippen MR) is 125 cm³/mol. The maximum atomic E-state index is 12.5. The van der Waals surface area contributed by atoms with E-state index in [-0.39, 0.29) is 4.90 Å². The number of rotatable bonds is 6. The van der Waals surface area contributed by atoms with Crippen molar-refractivity contribution in [2.75, 3.05) is 4.72 Å². The summed E-state index contributed by atoms with van der Waals surface area (Å²) >= 11 is 2.13. The first-order chi connectivity index (χ1) is 14.8. The summed E-state index contributed by atoms with van der Waals surface area (Å²) in [5.41, 5.74) is 2.35. The second-order valence-corrected chi connectivity index (χ2v) is 9.63. The topological polar surface area (TPSA) is 99.0 Å². The van der Waals surface area contributed by atoms with Crippen molar-refractivity contribution in [1.82, 2.24) is 19.7 Å². The van der Waals surface area contributed by atoms with Crippen LogP contribution in [0.4, 0.5) is 5.69 Å². The molecule has 0 aliphatic rings. The molecule has 10 heteroatoms. The van der Waals surface area contributed by atoms with Crippen LogP contribution in [0.25, 0.3) is 5.82 Å². The van der Waals surface area contributed by atoms with Crippen molar-refractivity contribution in [3.05, 3.63) is 81.9 Å². The summed E-state index contributed by atoms with van der Waals surface area (Å²) in [6.07, 6.45) is 1.70. The summed E-state index contributed by atoms with van der Waals surface area (Å²) in [4.78, 5) is 4.46. The summed E-state index contributed by atoms with van der Waals surface area (Å²) in [5, 5.41) is 8.28. The Morgan fingerprint density at radius 2 is 1.65 bits per heavy atom. The Morgan fingerprint density at radius 3 is 2.23 bits per heavy atom. The van der Waals surface area contributed by atoms with Gasteiger partial charge < -0.3 is 4.74 Å². The van der Waals surface area contributed by atoms with Gasteiger partial charge in [0.25, 0.3) is 10.0 Å². The van der Waals surface area contributed by atoms with Crippen LogP contribution >= 0.6 is 22.6 Å². The number of ether oxygens (including phenoxy) is 1. The zero-order chi connectivity index (χ0) is 22.0. The van der Waals surface area contributed by atoms with Crippen LogP contribution in [0.5, 0.6) is 11.6 Å². The molecule has 0 fully saturated rings. The van der Waals surface area contributed by atoms with Gasteiger partial charge in [0.1, 0.15) is 12.1 Å². The lowest BCUT2D eigenvalue weighted by atomic mass is 10.3. The number of sulfonamides is 1. The maximum absolute atomic E-state index is 12.5. The molecule has 2 aromatic heterocycles. The van der Waals surface area contributed by atoms with E-state index in [0.29, 0.717) is 23.1 Å². The number of benzene rings is 2. The van der Waals surface area contributed by atoms with Gasteiger partial charge in [-0.1, -0.05) is 0 Å². The Balaban J connectivity index is 1.44. The van der Waals surface area contributed by atoms with Crippen molar-refractivity contribution in [3.63, 3.8) is 0 Å². The second kappa shape index (κ2) is 8.63. The molecule has 0 radical (unpaired) electrons. The molecule has 8 nitrogen and oxygen atoms in total. The molecule has 31 heavy (non-hydrogen) atoms. The minimum absolute atomic E-state index is 0.201. The third-order valence-corrected chi connectivity index (χ3v) is 6.69. The predicted octanol–water partition coefficient (Wildman–Crippen LogP) is 4.48. The fraction of sp³-hybridized carbons (Fsp3) is 0.0952. The van der Waals surface area contributed by atoms with Gasteiger partial charge >= 0.3 is 0 Å². The van der Waals surface area contributed by atoms with E-state index >= 15 is 0 Å². The molecule has 4 aromatic rings. The van der Waals surface area contributed by atoms with Crippen LogP contribution < -0.4 is 9.46 Å². The Hall–Kier alpha value is -2.99. The van der Waals surface area contributed by atoms with Crippen molar-refractivity contribution >= 4 is 38.3 Å². The molecule has 0 saturated heterocycles. The van der Waals surface area contributed by atoms with Gasteiger partial charge in [-0.05, 0) is 91.0 Å². The van der Waals surface area contributed by atoms with E-state index in [1.54, 1.807) is 67.0 Å². The molecule has 0 atom stereocenters. The van der Waals surface area contributed by atoms with Crippen molar-refractivity contribution in [2.24, 2.45) is 0 Å². The van der Waals surface area contributed by atoms with E-state index in [0.717, 1.165) is 15.0 Å². The average molecular weight is 547 g/mol. The van der Waals surface area contributed by atoms with E-state index < -0.39 is 10.0 Å².